The number of hydrogen-bond donors (Lipinski definition) is 1. The molecule has 1 amide bonds. The molecule has 1 fully saturated rings. The summed E-state index contributed by atoms with van der Waals surface area (Å²) < 4.78 is 16.2. The van der Waals surface area contributed by atoms with Crippen molar-refractivity contribution in [3.63, 3.8) is 0 Å². The highest BCUT2D eigenvalue weighted by Crippen LogP contribution is 2.33. The van der Waals surface area contributed by atoms with Gasteiger partial charge in [0.15, 0.2) is 11.5 Å². The Hall–Kier alpha value is -2.11. The molecule has 1 aliphatic heterocycles. The summed E-state index contributed by atoms with van der Waals surface area (Å²) in [5.74, 6) is 1.40. The summed E-state index contributed by atoms with van der Waals surface area (Å²) >= 11 is 0. The minimum atomic E-state index is -0.475. The van der Waals surface area contributed by atoms with Crippen LogP contribution in [0.5, 0.6) is 11.5 Å². The third-order valence-corrected chi connectivity index (χ3v) is 4.16. The lowest BCUT2D eigenvalue weighted by Gasteiger charge is -2.35. The Morgan fingerprint density at radius 2 is 1.84 bits per heavy atom. The van der Waals surface area contributed by atoms with E-state index in [1.807, 2.05) is 39.8 Å². The monoisotopic (exact) mass is 350 g/mol. The fourth-order valence-electron chi connectivity index (χ4n) is 2.94. The van der Waals surface area contributed by atoms with Gasteiger partial charge >= 0.3 is 6.09 Å². The van der Waals surface area contributed by atoms with Crippen molar-refractivity contribution in [1.82, 2.24) is 4.90 Å². The van der Waals surface area contributed by atoms with Crippen LogP contribution in [-0.2, 0) is 4.74 Å². The summed E-state index contributed by atoms with van der Waals surface area (Å²) in [6.07, 6.45) is 1.71. The van der Waals surface area contributed by atoms with Crippen LogP contribution in [0.25, 0.3) is 0 Å². The number of carbonyl (C=O) groups is 1. The maximum atomic E-state index is 12.3. The zero-order chi connectivity index (χ0) is 18.6. The number of anilines is 1. The SMILES string of the molecule is COc1cc(C)c(NC2CCCN(C(=O)OC(C)(C)C)C2)cc1OC. The van der Waals surface area contributed by atoms with Crippen LogP contribution >= 0.6 is 0 Å². The zero-order valence-corrected chi connectivity index (χ0v) is 16.1. The number of likely N-dealkylation sites (tertiary alicyclic amines) is 1. The molecule has 1 aliphatic rings. The molecule has 6 heteroatoms. The lowest BCUT2D eigenvalue weighted by molar-refractivity contribution is 0.0206. The van der Waals surface area contributed by atoms with E-state index in [9.17, 15) is 4.79 Å². The number of ether oxygens (including phenoxy) is 3. The van der Waals surface area contributed by atoms with Crippen molar-refractivity contribution in [1.29, 1.82) is 0 Å². The Labute approximate surface area is 150 Å². The van der Waals surface area contributed by atoms with Gasteiger partial charge in [0.2, 0.25) is 0 Å². The first-order valence-corrected chi connectivity index (χ1v) is 8.70. The van der Waals surface area contributed by atoms with Gasteiger partial charge in [0.25, 0.3) is 0 Å². The summed E-state index contributed by atoms with van der Waals surface area (Å²) in [4.78, 5) is 14.1. The highest BCUT2D eigenvalue weighted by molar-refractivity contribution is 5.68. The van der Waals surface area contributed by atoms with Crippen molar-refractivity contribution >= 4 is 11.8 Å². The Kier molecular flexibility index (Phi) is 6.03. The summed E-state index contributed by atoms with van der Waals surface area (Å²) in [5, 5.41) is 3.54. The number of hydrogen-bond acceptors (Lipinski definition) is 5. The number of aryl methyl sites for hydroxylation is 1. The number of nitrogens with zero attached hydrogens (tertiary/aromatic N) is 1. The van der Waals surface area contributed by atoms with Gasteiger partial charge in [0.1, 0.15) is 5.60 Å². The number of carbonyl (C=O) groups excluding carboxylic acids is 1. The average Bonchev–Trinajstić information content (AvgIpc) is 2.55. The van der Waals surface area contributed by atoms with E-state index in [1.165, 1.54) is 0 Å². The third kappa shape index (κ3) is 5.18. The van der Waals surface area contributed by atoms with Gasteiger partial charge < -0.3 is 24.4 Å². The molecule has 0 aromatic heterocycles. The Morgan fingerprint density at radius 3 is 2.44 bits per heavy atom. The Bertz CT molecular complexity index is 610. The van der Waals surface area contributed by atoms with E-state index in [0.29, 0.717) is 18.0 Å². The predicted octanol–water partition coefficient (Wildman–Crippen LogP) is 3.82. The molecule has 1 unspecified atom stereocenters. The predicted molar refractivity (Wildman–Crippen MR) is 98.7 cm³/mol. The highest BCUT2D eigenvalue weighted by Gasteiger charge is 2.28. The maximum Gasteiger partial charge on any atom is 0.410 e. The second kappa shape index (κ2) is 7.85. The molecular weight excluding hydrogens is 320 g/mol. The number of benzene rings is 1. The van der Waals surface area contributed by atoms with Gasteiger partial charge in [0.05, 0.1) is 14.2 Å². The number of methoxy groups -OCH3 is 2. The highest BCUT2D eigenvalue weighted by atomic mass is 16.6. The average molecular weight is 350 g/mol. The molecule has 1 aromatic rings. The smallest absolute Gasteiger partial charge is 0.410 e. The van der Waals surface area contributed by atoms with Gasteiger partial charge in [-0.25, -0.2) is 4.79 Å². The second-order valence-corrected chi connectivity index (χ2v) is 7.43. The molecule has 1 aromatic carbocycles. The molecule has 1 atom stereocenters. The summed E-state index contributed by atoms with van der Waals surface area (Å²) in [7, 11) is 3.26. The van der Waals surface area contributed by atoms with E-state index in [0.717, 1.165) is 30.6 Å². The van der Waals surface area contributed by atoms with Crippen LogP contribution in [0.2, 0.25) is 0 Å². The summed E-state index contributed by atoms with van der Waals surface area (Å²) in [6.45, 7) is 9.05. The largest absolute Gasteiger partial charge is 0.493 e. The quantitative estimate of drug-likeness (QED) is 0.894. The van der Waals surface area contributed by atoms with Gasteiger partial charge in [-0.3, -0.25) is 0 Å². The van der Waals surface area contributed by atoms with Gasteiger partial charge in [-0.15, -0.1) is 0 Å². The zero-order valence-electron chi connectivity index (χ0n) is 16.1. The lowest BCUT2D eigenvalue weighted by atomic mass is 10.0. The van der Waals surface area contributed by atoms with Crippen molar-refractivity contribution in [2.24, 2.45) is 0 Å². The molecule has 0 bridgehead atoms. The second-order valence-electron chi connectivity index (χ2n) is 7.43. The molecular formula is C19H30N2O4. The third-order valence-electron chi connectivity index (χ3n) is 4.16. The number of amides is 1. The molecule has 0 aliphatic carbocycles. The van der Waals surface area contributed by atoms with Crippen LogP contribution in [0, 0.1) is 6.92 Å². The molecule has 1 saturated heterocycles. The molecule has 2 rings (SSSR count). The normalized spacial score (nSPS) is 17.8. The van der Waals surface area contributed by atoms with E-state index >= 15 is 0 Å². The van der Waals surface area contributed by atoms with Crippen molar-refractivity contribution in [3.05, 3.63) is 17.7 Å². The summed E-state index contributed by atoms with van der Waals surface area (Å²) in [6, 6.07) is 4.08. The molecule has 140 valence electrons. The number of piperidine rings is 1. The Morgan fingerprint density at radius 1 is 1.20 bits per heavy atom. The molecule has 0 saturated carbocycles. The van der Waals surface area contributed by atoms with Crippen LogP contribution in [0.4, 0.5) is 10.5 Å². The van der Waals surface area contributed by atoms with Crippen LogP contribution in [-0.4, -0.2) is 49.9 Å². The first kappa shape index (κ1) is 19.2. The molecule has 0 radical (unpaired) electrons. The van der Waals surface area contributed by atoms with Gasteiger partial charge in [0, 0.05) is 30.9 Å². The van der Waals surface area contributed by atoms with Gasteiger partial charge in [-0.05, 0) is 52.2 Å². The first-order chi connectivity index (χ1) is 11.7. The van der Waals surface area contributed by atoms with E-state index in [-0.39, 0.29) is 12.1 Å². The van der Waals surface area contributed by atoms with Gasteiger partial charge in [-0.1, -0.05) is 0 Å². The fraction of sp³-hybridized carbons (Fsp3) is 0.632. The van der Waals surface area contributed by atoms with E-state index < -0.39 is 5.60 Å². The van der Waals surface area contributed by atoms with E-state index in [4.69, 9.17) is 14.2 Å². The van der Waals surface area contributed by atoms with Crippen LogP contribution in [0.15, 0.2) is 12.1 Å². The molecule has 6 nitrogen and oxygen atoms in total. The van der Waals surface area contributed by atoms with Gasteiger partial charge in [-0.2, -0.15) is 0 Å². The molecule has 0 spiro atoms. The maximum absolute atomic E-state index is 12.3. The lowest BCUT2D eigenvalue weighted by Crippen LogP contribution is -2.47. The van der Waals surface area contributed by atoms with Crippen molar-refractivity contribution in [2.45, 2.75) is 52.2 Å². The first-order valence-electron chi connectivity index (χ1n) is 8.70. The van der Waals surface area contributed by atoms with Crippen molar-refractivity contribution in [3.8, 4) is 11.5 Å². The van der Waals surface area contributed by atoms with Crippen molar-refractivity contribution < 1.29 is 19.0 Å². The van der Waals surface area contributed by atoms with E-state index in [2.05, 4.69) is 5.32 Å². The van der Waals surface area contributed by atoms with Crippen molar-refractivity contribution in [2.75, 3.05) is 32.6 Å². The number of nitrogens with one attached hydrogen (secondary N) is 1. The van der Waals surface area contributed by atoms with Crippen LogP contribution in [0.3, 0.4) is 0 Å². The minimum Gasteiger partial charge on any atom is -0.493 e. The fourth-order valence-corrected chi connectivity index (χ4v) is 2.94. The molecule has 1 heterocycles. The van der Waals surface area contributed by atoms with Crippen LogP contribution in [0.1, 0.15) is 39.2 Å². The molecule has 25 heavy (non-hydrogen) atoms. The summed E-state index contributed by atoms with van der Waals surface area (Å²) in [5.41, 5.74) is 1.60. The van der Waals surface area contributed by atoms with Crippen LogP contribution < -0.4 is 14.8 Å². The molecule has 1 N–H and O–H groups in total. The topological polar surface area (TPSA) is 60.0 Å². The Balaban J connectivity index is 2.06. The minimum absolute atomic E-state index is 0.179. The number of rotatable bonds is 4. The van der Waals surface area contributed by atoms with E-state index in [1.54, 1.807) is 19.1 Å². The standard InChI is InChI=1S/C19H30N2O4/c1-13-10-16(23-5)17(24-6)11-15(13)20-14-8-7-9-21(12-14)18(22)25-19(2,3)4/h10-11,14,20H,7-9,12H2,1-6H3.